The van der Waals surface area contributed by atoms with E-state index in [9.17, 15) is 0 Å². The van der Waals surface area contributed by atoms with Crippen molar-refractivity contribution in [3.8, 4) is 11.5 Å². The molecule has 7 heteroatoms. The average Bonchev–Trinajstić information content (AvgIpc) is 2.61. The van der Waals surface area contributed by atoms with E-state index in [2.05, 4.69) is 61.5 Å². The number of methoxy groups -OCH3 is 1. The van der Waals surface area contributed by atoms with Gasteiger partial charge in [-0.15, -0.1) is 12.4 Å². The maximum Gasteiger partial charge on any atom is 0.274 e. The minimum Gasteiger partial charge on any atom is -0.540 e. The highest BCUT2D eigenvalue weighted by Crippen LogP contribution is 2.41. The summed E-state index contributed by atoms with van der Waals surface area (Å²) in [5.74, 6) is 1.75. The number of nitrogens with one attached hydrogen (secondary N) is 1. The molecule has 1 heterocycles. The lowest BCUT2D eigenvalue weighted by atomic mass is 9.85. The summed E-state index contributed by atoms with van der Waals surface area (Å²) in [5.41, 5.74) is 6.24. The van der Waals surface area contributed by atoms with E-state index in [0.29, 0.717) is 0 Å². The molecule has 0 atom stereocenters. The van der Waals surface area contributed by atoms with Crippen molar-refractivity contribution in [2.24, 2.45) is 5.10 Å². The number of ether oxygens (including phenoxy) is 1. The second-order valence-electron chi connectivity index (χ2n) is 7.59. The predicted octanol–water partition coefficient (Wildman–Crippen LogP) is 5.47. The maximum absolute atomic E-state index is 6.24. The van der Waals surface area contributed by atoms with Crippen molar-refractivity contribution < 1.29 is 9.16 Å². The van der Waals surface area contributed by atoms with Crippen molar-refractivity contribution in [1.82, 2.24) is 4.98 Å². The first-order valence-electron chi connectivity index (χ1n) is 9.19. The Labute approximate surface area is 176 Å². The molecular formula is C21H31ClN3O2Si. The Bertz CT molecular complexity index is 762. The summed E-state index contributed by atoms with van der Waals surface area (Å²) in [7, 11) is 0.817. The molecule has 0 bridgehead atoms. The molecule has 1 radical (unpaired) electrons. The SMILES string of the molecule is COc1c(C(C)(C)C)ccc(CC/C=N/Nc2ccncc2)c1O[Si](C)C.Cl. The Balaban J connectivity index is 0.00000392. The molecule has 0 aliphatic carbocycles. The number of aromatic nitrogens is 1. The summed E-state index contributed by atoms with van der Waals surface area (Å²) in [5, 5.41) is 4.28. The zero-order valence-electron chi connectivity index (χ0n) is 17.6. The van der Waals surface area contributed by atoms with Gasteiger partial charge in [0.05, 0.1) is 12.8 Å². The predicted molar refractivity (Wildman–Crippen MR) is 122 cm³/mol. The molecule has 0 saturated heterocycles. The number of hydrazone groups is 1. The van der Waals surface area contributed by atoms with Crippen LogP contribution in [-0.4, -0.2) is 27.3 Å². The van der Waals surface area contributed by atoms with Crippen LogP contribution in [0, 0.1) is 0 Å². The minimum absolute atomic E-state index is 0. The zero-order valence-corrected chi connectivity index (χ0v) is 19.4. The molecule has 0 amide bonds. The Morgan fingerprint density at radius 2 is 1.79 bits per heavy atom. The monoisotopic (exact) mass is 420 g/mol. The molecule has 0 unspecified atom stereocenters. The number of rotatable bonds is 8. The Morgan fingerprint density at radius 1 is 1.11 bits per heavy atom. The van der Waals surface area contributed by atoms with Crippen LogP contribution >= 0.6 is 12.4 Å². The molecular weight excluding hydrogens is 390 g/mol. The van der Waals surface area contributed by atoms with Gasteiger partial charge < -0.3 is 9.16 Å². The van der Waals surface area contributed by atoms with E-state index in [1.54, 1.807) is 19.5 Å². The Morgan fingerprint density at radius 3 is 2.36 bits per heavy atom. The van der Waals surface area contributed by atoms with Gasteiger partial charge in [-0.05, 0) is 49.0 Å². The first-order valence-corrected chi connectivity index (χ1v) is 11.6. The smallest absolute Gasteiger partial charge is 0.274 e. The van der Waals surface area contributed by atoms with Gasteiger partial charge in [0, 0.05) is 24.2 Å². The summed E-state index contributed by atoms with van der Waals surface area (Å²) in [6, 6.07) is 8.08. The molecule has 28 heavy (non-hydrogen) atoms. The van der Waals surface area contributed by atoms with E-state index < -0.39 is 9.04 Å². The number of nitrogens with zero attached hydrogens (tertiary/aromatic N) is 2. The average molecular weight is 421 g/mol. The number of anilines is 1. The molecule has 1 aromatic carbocycles. The summed E-state index contributed by atoms with van der Waals surface area (Å²) < 4.78 is 12.0. The molecule has 2 aromatic rings. The number of halogens is 1. The Kier molecular flexibility index (Phi) is 9.48. The fourth-order valence-corrected chi connectivity index (χ4v) is 3.37. The summed E-state index contributed by atoms with van der Waals surface area (Å²) >= 11 is 0. The lowest BCUT2D eigenvalue weighted by Gasteiger charge is -2.26. The zero-order chi connectivity index (χ0) is 19.9. The molecule has 2 rings (SSSR count). The van der Waals surface area contributed by atoms with E-state index in [0.717, 1.165) is 35.6 Å². The first-order chi connectivity index (χ1) is 12.8. The number of hydrogen-bond acceptors (Lipinski definition) is 5. The van der Waals surface area contributed by atoms with Crippen LogP contribution in [0.3, 0.4) is 0 Å². The third-order valence-corrected chi connectivity index (χ3v) is 4.63. The van der Waals surface area contributed by atoms with Gasteiger partial charge in [-0.25, -0.2) is 0 Å². The second kappa shape index (κ2) is 11.1. The fraction of sp³-hybridized carbons (Fsp3) is 0.429. The molecule has 0 spiro atoms. The van der Waals surface area contributed by atoms with E-state index in [1.807, 2.05) is 18.3 Å². The summed E-state index contributed by atoms with van der Waals surface area (Å²) in [4.78, 5) is 3.99. The normalized spacial score (nSPS) is 11.4. The van der Waals surface area contributed by atoms with Gasteiger partial charge in [0.15, 0.2) is 5.75 Å². The highest BCUT2D eigenvalue weighted by molar-refractivity contribution is 6.49. The Hall–Kier alpha value is -2.05. The molecule has 1 N–H and O–H groups in total. The van der Waals surface area contributed by atoms with Gasteiger partial charge in [-0.3, -0.25) is 10.4 Å². The molecule has 0 saturated carbocycles. The molecule has 0 aliphatic heterocycles. The van der Waals surface area contributed by atoms with Crippen LogP contribution < -0.4 is 14.6 Å². The van der Waals surface area contributed by atoms with Crippen LogP contribution in [0.5, 0.6) is 11.5 Å². The third kappa shape index (κ3) is 6.84. The number of aryl methyl sites for hydroxylation is 1. The van der Waals surface area contributed by atoms with Crippen LogP contribution in [0.1, 0.15) is 38.3 Å². The van der Waals surface area contributed by atoms with Crippen LogP contribution in [0.2, 0.25) is 13.1 Å². The summed E-state index contributed by atoms with van der Waals surface area (Å²) in [6.45, 7) is 10.8. The van der Waals surface area contributed by atoms with Crippen molar-refractivity contribution in [2.75, 3.05) is 12.5 Å². The molecule has 0 fully saturated rings. The largest absolute Gasteiger partial charge is 0.540 e. The van der Waals surface area contributed by atoms with E-state index in [-0.39, 0.29) is 17.8 Å². The third-order valence-electron chi connectivity index (χ3n) is 4.02. The minimum atomic E-state index is -0.905. The van der Waals surface area contributed by atoms with Crippen LogP contribution in [0.25, 0.3) is 0 Å². The summed E-state index contributed by atoms with van der Waals surface area (Å²) in [6.07, 6.45) is 7.01. The lowest BCUT2D eigenvalue weighted by Crippen LogP contribution is -2.18. The van der Waals surface area contributed by atoms with Crippen molar-refractivity contribution >= 4 is 33.3 Å². The molecule has 153 valence electrons. The molecule has 5 nitrogen and oxygen atoms in total. The topological polar surface area (TPSA) is 55.7 Å². The van der Waals surface area contributed by atoms with Crippen LogP contribution in [0.4, 0.5) is 5.69 Å². The van der Waals surface area contributed by atoms with Gasteiger partial charge in [-0.1, -0.05) is 32.9 Å². The van der Waals surface area contributed by atoms with Gasteiger partial charge in [0.1, 0.15) is 5.75 Å². The van der Waals surface area contributed by atoms with Crippen LogP contribution in [0.15, 0.2) is 41.8 Å². The molecule has 0 aliphatic rings. The van der Waals surface area contributed by atoms with E-state index >= 15 is 0 Å². The molecule has 1 aromatic heterocycles. The van der Waals surface area contributed by atoms with Crippen molar-refractivity contribution in [2.45, 2.75) is 52.1 Å². The second-order valence-corrected chi connectivity index (χ2v) is 9.61. The first kappa shape index (κ1) is 24.0. The number of pyridine rings is 1. The van der Waals surface area contributed by atoms with Gasteiger partial charge in [0.25, 0.3) is 9.04 Å². The highest BCUT2D eigenvalue weighted by atomic mass is 35.5. The van der Waals surface area contributed by atoms with E-state index in [1.165, 1.54) is 5.56 Å². The van der Waals surface area contributed by atoms with Crippen molar-refractivity contribution in [3.05, 3.63) is 47.8 Å². The van der Waals surface area contributed by atoms with E-state index in [4.69, 9.17) is 9.16 Å². The maximum atomic E-state index is 6.24. The van der Waals surface area contributed by atoms with Gasteiger partial charge in [-0.2, -0.15) is 5.10 Å². The quantitative estimate of drug-likeness (QED) is 0.349. The highest BCUT2D eigenvalue weighted by Gasteiger charge is 2.24. The van der Waals surface area contributed by atoms with Gasteiger partial charge in [0.2, 0.25) is 0 Å². The lowest BCUT2D eigenvalue weighted by molar-refractivity contribution is 0.377. The fourth-order valence-electron chi connectivity index (χ4n) is 2.74. The van der Waals surface area contributed by atoms with Crippen molar-refractivity contribution in [3.63, 3.8) is 0 Å². The standard InChI is InChI=1S/C21H30N3O2Si.ClH/c1-21(2,3)18-10-9-16(19(20(18)25-4)26-27(5)6)8-7-13-23-24-17-11-14-22-15-12-17;/h9-15H,7-8H2,1-6H3,(H,22,24);1H/b23-13+;. The van der Waals surface area contributed by atoms with Crippen LogP contribution in [-0.2, 0) is 11.8 Å². The van der Waals surface area contributed by atoms with Crippen molar-refractivity contribution in [1.29, 1.82) is 0 Å². The number of hydrogen-bond donors (Lipinski definition) is 1. The van der Waals surface area contributed by atoms with Gasteiger partial charge >= 0.3 is 0 Å². The number of benzene rings is 1.